The number of aryl methyl sites for hydroxylation is 1. The Kier molecular flexibility index (Phi) is 3.13. The summed E-state index contributed by atoms with van der Waals surface area (Å²) in [5, 5.41) is 0. The Morgan fingerprint density at radius 2 is 2.00 bits per heavy atom. The molecule has 6 heteroatoms. The lowest BCUT2D eigenvalue weighted by Crippen LogP contribution is -2.02. The maximum absolute atomic E-state index is 14.1. The van der Waals surface area contributed by atoms with Crippen molar-refractivity contribution in [3.05, 3.63) is 60.2 Å². The third-order valence-electron chi connectivity index (χ3n) is 3.24. The number of anilines is 1. The van der Waals surface area contributed by atoms with Crippen molar-refractivity contribution in [1.29, 1.82) is 0 Å². The molecular weight excluding hydrogens is 274 g/mol. The number of rotatable bonds is 2. The summed E-state index contributed by atoms with van der Waals surface area (Å²) in [6.07, 6.45) is 4.51. The van der Waals surface area contributed by atoms with Crippen LogP contribution in [-0.4, -0.2) is 14.5 Å². The van der Waals surface area contributed by atoms with E-state index in [1.54, 1.807) is 18.3 Å². The van der Waals surface area contributed by atoms with Crippen molar-refractivity contribution in [2.75, 3.05) is 5.73 Å². The van der Waals surface area contributed by atoms with Crippen LogP contribution in [0.2, 0.25) is 0 Å². The van der Waals surface area contributed by atoms with Gasteiger partial charge >= 0.3 is 0 Å². The van der Waals surface area contributed by atoms with Crippen molar-refractivity contribution in [3.8, 4) is 16.9 Å². The molecule has 0 aliphatic carbocycles. The second-order valence-electron chi connectivity index (χ2n) is 4.64. The molecule has 0 aliphatic heterocycles. The van der Waals surface area contributed by atoms with E-state index >= 15 is 0 Å². The Bertz CT molecular complexity index is 811. The molecule has 0 atom stereocenters. The smallest absolute Gasteiger partial charge is 0.147 e. The van der Waals surface area contributed by atoms with Gasteiger partial charge in [0.25, 0.3) is 0 Å². The maximum atomic E-state index is 14.1. The summed E-state index contributed by atoms with van der Waals surface area (Å²) in [5.41, 5.74) is 7.31. The summed E-state index contributed by atoms with van der Waals surface area (Å²) in [6, 6.07) is 5.76. The van der Waals surface area contributed by atoms with Crippen LogP contribution in [0.4, 0.5) is 14.6 Å². The van der Waals surface area contributed by atoms with Gasteiger partial charge in [-0.3, -0.25) is 4.57 Å². The summed E-state index contributed by atoms with van der Waals surface area (Å²) < 4.78 is 29.3. The number of hydrogen-bond donors (Lipinski definition) is 1. The van der Waals surface area contributed by atoms with Crippen molar-refractivity contribution in [2.24, 2.45) is 0 Å². The summed E-state index contributed by atoms with van der Waals surface area (Å²) in [5.74, 6) is -0.715. The fourth-order valence-corrected chi connectivity index (χ4v) is 2.14. The Labute approximate surface area is 119 Å². The van der Waals surface area contributed by atoms with E-state index in [0.717, 1.165) is 12.1 Å². The van der Waals surface area contributed by atoms with E-state index in [4.69, 9.17) is 5.73 Å². The zero-order valence-electron chi connectivity index (χ0n) is 11.2. The van der Waals surface area contributed by atoms with Crippen LogP contribution in [-0.2, 0) is 0 Å². The van der Waals surface area contributed by atoms with Crippen LogP contribution >= 0.6 is 0 Å². The molecule has 0 fully saturated rings. The molecule has 0 bridgehead atoms. The molecule has 0 unspecified atom stereocenters. The van der Waals surface area contributed by atoms with Gasteiger partial charge in [-0.05, 0) is 30.7 Å². The van der Waals surface area contributed by atoms with Gasteiger partial charge in [-0.25, -0.2) is 18.7 Å². The predicted octanol–water partition coefficient (Wildman–Crippen LogP) is 3.10. The molecular formula is C15H12F2N4. The highest BCUT2D eigenvalue weighted by molar-refractivity contribution is 5.72. The minimum atomic E-state index is -0.532. The Morgan fingerprint density at radius 3 is 2.76 bits per heavy atom. The van der Waals surface area contributed by atoms with Gasteiger partial charge in [0, 0.05) is 17.8 Å². The molecule has 3 rings (SSSR count). The number of pyridine rings is 1. The minimum Gasteiger partial charge on any atom is -0.383 e. The van der Waals surface area contributed by atoms with E-state index < -0.39 is 11.6 Å². The number of nitrogens with two attached hydrogens (primary N) is 1. The third kappa shape index (κ3) is 2.24. The predicted molar refractivity (Wildman–Crippen MR) is 75.9 cm³/mol. The molecule has 0 aliphatic rings. The van der Waals surface area contributed by atoms with E-state index in [0.29, 0.717) is 17.1 Å². The number of halogens is 2. The maximum Gasteiger partial charge on any atom is 0.147 e. The Morgan fingerprint density at radius 1 is 1.19 bits per heavy atom. The first-order chi connectivity index (χ1) is 10.1. The molecule has 2 heterocycles. The fourth-order valence-electron chi connectivity index (χ4n) is 2.14. The average Bonchev–Trinajstić information content (AvgIpc) is 2.92. The molecule has 106 valence electrons. The molecule has 1 aromatic carbocycles. The van der Waals surface area contributed by atoms with Crippen LogP contribution in [0, 0.1) is 18.6 Å². The topological polar surface area (TPSA) is 56.7 Å². The van der Waals surface area contributed by atoms with Gasteiger partial charge in [0.05, 0.1) is 23.9 Å². The first-order valence-corrected chi connectivity index (χ1v) is 6.27. The van der Waals surface area contributed by atoms with Crippen LogP contribution in [0.25, 0.3) is 16.9 Å². The highest BCUT2D eigenvalue weighted by Crippen LogP contribution is 2.28. The third-order valence-corrected chi connectivity index (χ3v) is 3.24. The highest BCUT2D eigenvalue weighted by Gasteiger charge is 2.15. The van der Waals surface area contributed by atoms with Gasteiger partial charge in [-0.15, -0.1) is 0 Å². The van der Waals surface area contributed by atoms with Crippen molar-refractivity contribution in [1.82, 2.24) is 14.5 Å². The second kappa shape index (κ2) is 4.97. The van der Waals surface area contributed by atoms with E-state index in [-0.39, 0.29) is 11.3 Å². The molecule has 21 heavy (non-hydrogen) atoms. The van der Waals surface area contributed by atoms with E-state index in [1.165, 1.54) is 24.0 Å². The lowest BCUT2D eigenvalue weighted by Gasteiger charge is -2.11. The largest absolute Gasteiger partial charge is 0.383 e. The zero-order valence-corrected chi connectivity index (χ0v) is 11.2. The molecule has 0 amide bonds. The van der Waals surface area contributed by atoms with Crippen LogP contribution in [0.5, 0.6) is 0 Å². The average molecular weight is 286 g/mol. The second-order valence-corrected chi connectivity index (χ2v) is 4.64. The SMILES string of the molecule is Cc1cc(F)c(-n2cncc2-c2cccnc2N)cc1F. The number of imidazole rings is 1. The van der Waals surface area contributed by atoms with Crippen molar-refractivity contribution in [3.63, 3.8) is 0 Å². The van der Waals surface area contributed by atoms with Crippen LogP contribution in [0.1, 0.15) is 5.56 Å². The van der Waals surface area contributed by atoms with Crippen molar-refractivity contribution in [2.45, 2.75) is 6.92 Å². The standard InChI is InChI=1S/C15H12F2N4/c1-9-5-12(17)13(6-11(9)16)21-8-19-7-14(21)10-3-2-4-20-15(10)18/h2-8H,1H3,(H2,18,20). The van der Waals surface area contributed by atoms with Gasteiger partial charge < -0.3 is 5.73 Å². The highest BCUT2D eigenvalue weighted by atomic mass is 19.1. The molecule has 2 N–H and O–H groups in total. The van der Waals surface area contributed by atoms with Gasteiger partial charge in [-0.2, -0.15) is 0 Å². The lowest BCUT2D eigenvalue weighted by atomic mass is 10.1. The van der Waals surface area contributed by atoms with Gasteiger partial charge in [-0.1, -0.05) is 0 Å². The van der Waals surface area contributed by atoms with Crippen molar-refractivity contribution < 1.29 is 8.78 Å². The molecule has 0 saturated heterocycles. The van der Waals surface area contributed by atoms with Crippen LogP contribution in [0.15, 0.2) is 43.0 Å². The van der Waals surface area contributed by atoms with Crippen LogP contribution < -0.4 is 5.73 Å². The monoisotopic (exact) mass is 286 g/mol. The van der Waals surface area contributed by atoms with Gasteiger partial charge in [0.15, 0.2) is 0 Å². The summed E-state index contributed by atoms with van der Waals surface area (Å²) in [7, 11) is 0. The molecule has 0 saturated carbocycles. The number of nitrogens with zero attached hydrogens (tertiary/aromatic N) is 3. The fraction of sp³-hybridized carbons (Fsp3) is 0.0667. The first kappa shape index (κ1) is 13.2. The Balaban J connectivity index is 2.21. The molecule has 0 spiro atoms. The first-order valence-electron chi connectivity index (χ1n) is 6.27. The number of hydrogen-bond acceptors (Lipinski definition) is 3. The summed E-state index contributed by atoms with van der Waals surface area (Å²) >= 11 is 0. The molecule has 2 aromatic heterocycles. The van der Waals surface area contributed by atoms with Crippen LogP contribution in [0.3, 0.4) is 0 Å². The molecule has 4 nitrogen and oxygen atoms in total. The molecule has 0 radical (unpaired) electrons. The van der Waals surface area contributed by atoms with E-state index in [9.17, 15) is 8.78 Å². The number of aromatic nitrogens is 3. The number of benzene rings is 1. The zero-order chi connectivity index (χ0) is 15.0. The van der Waals surface area contributed by atoms with Gasteiger partial charge in [0.2, 0.25) is 0 Å². The summed E-state index contributed by atoms with van der Waals surface area (Å²) in [4.78, 5) is 7.99. The lowest BCUT2D eigenvalue weighted by molar-refractivity contribution is 0.586. The van der Waals surface area contributed by atoms with Crippen molar-refractivity contribution >= 4 is 5.82 Å². The quantitative estimate of drug-likeness (QED) is 0.787. The van der Waals surface area contributed by atoms with E-state index in [2.05, 4.69) is 9.97 Å². The van der Waals surface area contributed by atoms with E-state index in [1.807, 2.05) is 0 Å². The molecule has 3 aromatic rings. The normalized spacial score (nSPS) is 10.8. The minimum absolute atomic E-state index is 0.0776. The number of nitrogen functional groups attached to an aromatic ring is 1. The Hall–Kier alpha value is -2.76. The summed E-state index contributed by atoms with van der Waals surface area (Å²) in [6.45, 7) is 1.51. The van der Waals surface area contributed by atoms with Gasteiger partial charge in [0.1, 0.15) is 17.5 Å².